The number of aliphatic carboxylic acids is 1. The van der Waals surface area contributed by atoms with E-state index in [9.17, 15) is 9.59 Å². The summed E-state index contributed by atoms with van der Waals surface area (Å²) in [5.41, 5.74) is -0.498. The van der Waals surface area contributed by atoms with Gasteiger partial charge in [0.05, 0.1) is 6.42 Å². The Morgan fingerprint density at radius 1 is 1.24 bits per heavy atom. The lowest BCUT2D eigenvalue weighted by atomic mass is 9.85. The van der Waals surface area contributed by atoms with Gasteiger partial charge in [-0.2, -0.15) is 0 Å². The first kappa shape index (κ1) is 15.9. The van der Waals surface area contributed by atoms with Crippen LogP contribution in [-0.4, -0.2) is 37.2 Å². The number of rotatable bonds is 9. The number of nitrogens with one attached hydrogen (secondary N) is 1. The van der Waals surface area contributed by atoms with E-state index in [1.54, 1.807) is 21.0 Å². The SMILES string of the molecule is COCCCCNC(=O)CC(C)(C)CC(=O)O. The summed E-state index contributed by atoms with van der Waals surface area (Å²) in [7, 11) is 1.65. The fraction of sp³-hybridized carbons (Fsp3) is 0.833. The van der Waals surface area contributed by atoms with Crippen LogP contribution in [0.5, 0.6) is 0 Å². The summed E-state index contributed by atoms with van der Waals surface area (Å²) in [6.45, 7) is 4.88. The normalized spacial score (nSPS) is 11.2. The summed E-state index contributed by atoms with van der Waals surface area (Å²) in [5.74, 6) is -0.962. The topological polar surface area (TPSA) is 75.6 Å². The Kier molecular flexibility index (Phi) is 7.54. The molecule has 0 unspecified atom stereocenters. The molecule has 0 saturated heterocycles. The summed E-state index contributed by atoms with van der Waals surface area (Å²) < 4.78 is 4.90. The summed E-state index contributed by atoms with van der Waals surface area (Å²) >= 11 is 0. The van der Waals surface area contributed by atoms with Crippen molar-refractivity contribution in [1.29, 1.82) is 0 Å². The van der Waals surface area contributed by atoms with Gasteiger partial charge in [0.25, 0.3) is 0 Å². The number of unbranched alkanes of at least 4 members (excludes halogenated alkanes) is 1. The lowest BCUT2D eigenvalue weighted by Gasteiger charge is -2.21. The van der Waals surface area contributed by atoms with Crippen LogP contribution in [0.1, 0.15) is 39.5 Å². The average molecular weight is 245 g/mol. The second-order valence-electron chi connectivity index (χ2n) is 4.96. The minimum Gasteiger partial charge on any atom is -0.481 e. The fourth-order valence-corrected chi connectivity index (χ4v) is 1.57. The highest BCUT2D eigenvalue weighted by Crippen LogP contribution is 2.24. The molecule has 0 aromatic heterocycles. The van der Waals surface area contributed by atoms with Gasteiger partial charge in [-0.25, -0.2) is 0 Å². The molecule has 0 heterocycles. The number of carbonyl (C=O) groups is 2. The van der Waals surface area contributed by atoms with Gasteiger partial charge < -0.3 is 15.2 Å². The minimum atomic E-state index is -0.872. The smallest absolute Gasteiger partial charge is 0.303 e. The molecule has 0 aliphatic rings. The predicted octanol–water partition coefficient (Wildman–Crippen LogP) is 1.42. The lowest BCUT2D eigenvalue weighted by Crippen LogP contribution is -2.30. The van der Waals surface area contributed by atoms with Gasteiger partial charge in [-0.15, -0.1) is 0 Å². The molecular weight excluding hydrogens is 222 g/mol. The maximum absolute atomic E-state index is 11.5. The van der Waals surface area contributed by atoms with Crippen LogP contribution in [0.2, 0.25) is 0 Å². The first-order valence-electron chi connectivity index (χ1n) is 5.85. The van der Waals surface area contributed by atoms with Crippen LogP contribution in [0.3, 0.4) is 0 Å². The Bertz CT molecular complexity index is 251. The van der Waals surface area contributed by atoms with Gasteiger partial charge in [-0.1, -0.05) is 13.8 Å². The Balaban J connectivity index is 3.73. The molecule has 0 aliphatic heterocycles. The second-order valence-corrected chi connectivity index (χ2v) is 4.96. The van der Waals surface area contributed by atoms with Crippen LogP contribution < -0.4 is 5.32 Å². The maximum Gasteiger partial charge on any atom is 0.303 e. The third kappa shape index (κ3) is 9.81. The molecular formula is C12H23NO4. The zero-order chi connectivity index (χ0) is 13.3. The standard InChI is InChI=1S/C12H23NO4/c1-12(2,9-11(15)16)8-10(14)13-6-4-5-7-17-3/h4-9H2,1-3H3,(H,13,14)(H,15,16). The van der Waals surface area contributed by atoms with Crippen LogP contribution in [0.4, 0.5) is 0 Å². The van der Waals surface area contributed by atoms with Gasteiger partial charge in [0.15, 0.2) is 0 Å². The number of methoxy groups -OCH3 is 1. The summed E-state index contributed by atoms with van der Waals surface area (Å²) in [5, 5.41) is 11.5. The van der Waals surface area contributed by atoms with Crippen molar-refractivity contribution in [2.24, 2.45) is 5.41 Å². The molecule has 17 heavy (non-hydrogen) atoms. The average Bonchev–Trinajstić information content (AvgIpc) is 2.14. The molecule has 0 radical (unpaired) electrons. The van der Waals surface area contributed by atoms with Crippen molar-refractivity contribution in [3.63, 3.8) is 0 Å². The van der Waals surface area contributed by atoms with E-state index in [1.807, 2.05) is 0 Å². The van der Waals surface area contributed by atoms with Crippen LogP contribution in [0.15, 0.2) is 0 Å². The molecule has 0 spiro atoms. The molecule has 0 aromatic rings. The van der Waals surface area contributed by atoms with Gasteiger partial charge in [0, 0.05) is 26.7 Å². The quantitative estimate of drug-likeness (QED) is 0.602. The van der Waals surface area contributed by atoms with Gasteiger partial charge in [0.2, 0.25) is 5.91 Å². The van der Waals surface area contributed by atoms with E-state index in [2.05, 4.69) is 5.32 Å². The third-order valence-corrected chi connectivity index (χ3v) is 2.37. The van der Waals surface area contributed by atoms with E-state index in [0.717, 1.165) is 12.8 Å². The van der Waals surface area contributed by atoms with Crippen molar-refractivity contribution in [1.82, 2.24) is 5.32 Å². The summed E-state index contributed by atoms with van der Waals surface area (Å²) in [4.78, 5) is 22.1. The van der Waals surface area contributed by atoms with Crippen molar-refractivity contribution in [3.05, 3.63) is 0 Å². The maximum atomic E-state index is 11.5. The van der Waals surface area contributed by atoms with E-state index >= 15 is 0 Å². The molecule has 100 valence electrons. The molecule has 0 rings (SSSR count). The van der Waals surface area contributed by atoms with Crippen molar-refractivity contribution < 1.29 is 19.4 Å². The number of carboxylic acid groups (broad SMARTS) is 1. The predicted molar refractivity (Wildman–Crippen MR) is 64.8 cm³/mol. The van der Waals surface area contributed by atoms with Crippen molar-refractivity contribution in [3.8, 4) is 0 Å². The number of ether oxygens (including phenoxy) is 1. The molecule has 5 heteroatoms. The van der Waals surface area contributed by atoms with Crippen molar-refractivity contribution in [2.45, 2.75) is 39.5 Å². The molecule has 0 fully saturated rings. The number of carbonyl (C=O) groups excluding carboxylic acids is 1. The van der Waals surface area contributed by atoms with Crippen LogP contribution >= 0.6 is 0 Å². The number of hydrogen-bond donors (Lipinski definition) is 2. The summed E-state index contributed by atoms with van der Waals surface area (Å²) in [6, 6.07) is 0. The molecule has 0 aliphatic carbocycles. The van der Waals surface area contributed by atoms with E-state index in [-0.39, 0.29) is 18.7 Å². The van der Waals surface area contributed by atoms with Crippen LogP contribution in [0, 0.1) is 5.41 Å². The Labute approximate surface area is 103 Å². The van der Waals surface area contributed by atoms with Gasteiger partial charge >= 0.3 is 5.97 Å². The van der Waals surface area contributed by atoms with Crippen molar-refractivity contribution >= 4 is 11.9 Å². The van der Waals surface area contributed by atoms with E-state index in [1.165, 1.54) is 0 Å². The largest absolute Gasteiger partial charge is 0.481 e. The minimum absolute atomic E-state index is 0.00406. The number of carboxylic acids is 1. The zero-order valence-electron chi connectivity index (χ0n) is 10.9. The lowest BCUT2D eigenvalue weighted by molar-refractivity contribution is -0.139. The van der Waals surface area contributed by atoms with Gasteiger partial charge in [-0.3, -0.25) is 9.59 Å². The van der Waals surface area contributed by atoms with E-state index in [4.69, 9.17) is 9.84 Å². The van der Waals surface area contributed by atoms with E-state index < -0.39 is 11.4 Å². The Hall–Kier alpha value is -1.10. The fourth-order valence-electron chi connectivity index (χ4n) is 1.57. The highest BCUT2D eigenvalue weighted by Gasteiger charge is 2.24. The van der Waals surface area contributed by atoms with Crippen molar-refractivity contribution in [2.75, 3.05) is 20.3 Å². The molecule has 0 saturated carbocycles. The highest BCUT2D eigenvalue weighted by molar-refractivity contribution is 5.77. The van der Waals surface area contributed by atoms with Crippen LogP contribution in [-0.2, 0) is 14.3 Å². The van der Waals surface area contributed by atoms with Gasteiger partial charge in [-0.05, 0) is 18.3 Å². The molecule has 0 aromatic carbocycles. The second kappa shape index (κ2) is 8.06. The summed E-state index contributed by atoms with van der Waals surface area (Å²) in [6.07, 6.45) is 2.03. The first-order chi connectivity index (χ1) is 7.87. The third-order valence-electron chi connectivity index (χ3n) is 2.37. The van der Waals surface area contributed by atoms with E-state index in [0.29, 0.717) is 13.2 Å². The first-order valence-corrected chi connectivity index (χ1v) is 5.85. The molecule has 0 atom stereocenters. The Morgan fingerprint density at radius 2 is 1.88 bits per heavy atom. The number of amides is 1. The number of hydrogen-bond acceptors (Lipinski definition) is 3. The Morgan fingerprint density at radius 3 is 2.41 bits per heavy atom. The molecule has 5 nitrogen and oxygen atoms in total. The van der Waals surface area contributed by atoms with Gasteiger partial charge in [0.1, 0.15) is 0 Å². The highest BCUT2D eigenvalue weighted by atomic mass is 16.5. The monoisotopic (exact) mass is 245 g/mol. The molecule has 0 bridgehead atoms. The molecule has 1 amide bonds. The zero-order valence-corrected chi connectivity index (χ0v) is 10.9. The van der Waals surface area contributed by atoms with Crippen LogP contribution in [0.25, 0.3) is 0 Å². The molecule has 2 N–H and O–H groups in total.